The Bertz CT molecular complexity index is 519. The second-order valence-electron chi connectivity index (χ2n) is 3.63. The number of hydrogen-bond acceptors (Lipinski definition) is 4. The Labute approximate surface area is 114 Å². The molecular formula is C11H12ClN3O4. The molecule has 0 unspecified atom stereocenters. The molecule has 0 saturated carbocycles. The van der Waals surface area contributed by atoms with Crippen molar-refractivity contribution in [2.75, 3.05) is 11.9 Å². The van der Waals surface area contributed by atoms with E-state index in [1.54, 1.807) is 0 Å². The van der Waals surface area contributed by atoms with Crippen molar-refractivity contribution in [1.29, 1.82) is 0 Å². The molecule has 0 aliphatic rings. The second kappa shape index (κ2) is 6.69. The van der Waals surface area contributed by atoms with Crippen LogP contribution in [-0.4, -0.2) is 23.3 Å². The van der Waals surface area contributed by atoms with Crippen molar-refractivity contribution in [2.24, 2.45) is 0 Å². The van der Waals surface area contributed by atoms with Crippen LogP contribution in [0.15, 0.2) is 18.2 Å². The topological polar surface area (TPSA) is 101 Å². The van der Waals surface area contributed by atoms with Gasteiger partial charge in [0, 0.05) is 18.7 Å². The molecular weight excluding hydrogens is 274 g/mol. The van der Waals surface area contributed by atoms with Gasteiger partial charge in [-0.15, -0.1) is 0 Å². The van der Waals surface area contributed by atoms with E-state index in [2.05, 4.69) is 10.6 Å². The maximum Gasteiger partial charge on any atom is 0.313 e. The lowest BCUT2D eigenvalue weighted by Gasteiger charge is -2.07. The van der Waals surface area contributed by atoms with E-state index in [-0.39, 0.29) is 16.4 Å². The quantitative estimate of drug-likeness (QED) is 0.499. The van der Waals surface area contributed by atoms with Crippen LogP contribution in [-0.2, 0) is 9.59 Å². The van der Waals surface area contributed by atoms with E-state index in [0.29, 0.717) is 13.0 Å². The number of amides is 2. The van der Waals surface area contributed by atoms with Gasteiger partial charge in [0.1, 0.15) is 0 Å². The number of nitrogens with zero attached hydrogens (tertiary/aromatic N) is 1. The first-order valence-corrected chi connectivity index (χ1v) is 5.86. The average Bonchev–Trinajstić information content (AvgIpc) is 2.38. The largest absolute Gasteiger partial charge is 0.348 e. The second-order valence-corrected chi connectivity index (χ2v) is 4.04. The van der Waals surface area contributed by atoms with E-state index in [4.69, 9.17) is 11.6 Å². The predicted octanol–water partition coefficient (Wildman–Crippen LogP) is 1.71. The minimum Gasteiger partial charge on any atom is -0.348 e. The van der Waals surface area contributed by atoms with Gasteiger partial charge in [-0.25, -0.2) is 0 Å². The zero-order chi connectivity index (χ0) is 14.4. The summed E-state index contributed by atoms with van der Waals surface area (Å²) >= 11 is 5.78. The van der Waals surface area contributed by atoms with E-state index >= 15 is 0 Å². The van der Waals surface area contributed by atoms with Crippen molar-refractivity contribution in [1.82, 2.24) is 5.32 Å². The number of anilines is 1. The first-order valence-electron chi connectivity index (χ1n) is 5.48. The third-order valence-electron chi connectivity index (χ3n) is 2.15. The molecule has 1 aromatic carbocycles. The lowest BCUT2D eigenvalue weighted by Crippen LogP contribution is -2.35. The third-order valence-corrected chi connectivity index (χ3v) is 2.48. The molecule has 0 bridgehead atoms. The van der Waals surface area contributed by atoms with Gasteiger partial charge in [0.25, 0.3) is 5.69 Å². The lowest BCUT2D eigenvalue weighted by molar-refractivity contribution is -0.384. The Morgan fingerprint density at radius 1 is 1.37 bits per heavy atom. The van der Waals surface area contributed by atoms with Crippen LogP contribution in [0.3, 0.4) is 0 Å². The Balaban J connectivity index is 2.81. The summed E-state index contributed by atoms with van der Waals surface area (Å²) in [5.74, 6) is -1.74. The first kappa shape index (κ1) is 14.9. The molecule has 0 aromatic heterocycles. The molecule has 1 rings (SSSR count). The molecule has 0 atom stereocenters. The van der Waals surface area contributed by atoms with E-state index < -0.39 is 16.7 Å². The number of nitrogens with one attached hydrogen (secondary N) is 2. The smallest absolute Gasteiger partial charge is 0.313 e. The Kier molecular flexibility index (Phi) is 5.25. The van der Waals surface area contributed by atoms with Crippen molar-refractivity contribution in [3.05, 3.63) is 33.3 Å². The van der Waals surface area contributed by atoms with Crippen molar-refractivity contribution in [3.8, 4) is 0 Å². The molecule has 0 fully saturated rings. The van der Waals surface area contributed by atoms with Gasteiger partial charge in [0.15, 0.2) is 0 Å². The monoisotopic (exact) mass is 285 g/mol. The highest BCUT2D eigenvalue weighted by Crippen LogP contribution is 2.26. The summed E-state index contributed by atoms with van der Waals surface area (Å²) in [6.45, 7) is 2.21. The number of non-ortho nitro benzene ring substituents is 1. The number of rotatable bonds is 4. The molecule has 0 aliphatic heterocycles. The molecule has 0 spiro atoms. The summed E-state index contributed by atoms with van der Waals surface area (Å²) in [7, 11) is 0. The maximum atomic E-state index is 11.5. The average molecular weight is 286 g/mol. The molecule has 7 nitrogen and oxygen atoms in total. The number of nitro benzene ring substituents is 1. The number of hydrogen-bond donors (Lipinski definition) is 2. The van der Waals surface area contributed by atoms with Gasteiger partial charge in [-0.1, -0.05) is 18.5 Å². The van der Waals surface area contributed by atoms with Crippen molar-refractivity contribution >= 4 is 34.8 Å². The molecule has 2 N–H and O–H groups in total. The molecule has 1 aromatic rings. The van der Waals surface area contributed by atoms with E-state index in [9.17, 15) is 19.7 Å². The van der Waals surface area contributed by atoms with Gasteiger partial charge < -0.3 is 10.6 Å². The molecule has 2 amide bonds. The number of halogens is 1. The summed E-state index contributed by atoms with van der Waals surface area (Å²) in [5.41, 5.74) is -0.207. The van der Waals surface area contributed by atoms with Crippen LogP contribution < -0.4 is 10.6 Å². The highest BCUT2D eigenvalue weighted by molar-refractivity contribution is 6.41. The van der Waals surface area contributed by atoms with E-state index in [1.807, 2.05) is 6.92 Å². The summed E-state index contributed by atoms with van der Waals surface area (Å²) in [6, 6.07) is 3.57. The first-order chi connectivity index (χ1) is 8.95. The standard InChI is InChI=1S/C11H12ClN3O4/c1-2-5-13-10(16)11(17)14-9-6-7(15(18)19)3-4-8(9)12/h3-4,6H,2,5H2,1H3,(H,13,16)(H,14,17). The highest BCUT2D eigenvalue weighted by Gasteiger charge is 2.16. The third kappa shape index (κ3) is 4.22. The minimum absolute atomic E-state index is 0.0208. The number of benzene rings is 1. The summed E-state index contributed by atoms with van der Waals surface area (Å²) in [4.78, 5) is 32.8. The van der Waals surface area contributed by atoms with Gasteiger partial charge >= 0.3 is 11.8 Å². The Morgan fingerprint density at radius 3 is 2.63 bits per heavy atom. The van der Waals surface area contributed by atoms with Gasteiger partial charge in [-0.05, 0) is 12.5 Å². The van der Waals surface area contributed by atoms with E-state index in [1.165, 1.54) is 12.1 Å². The Hall–Kier alpha value is -2.15. The van der Waals surface area contributed by atoms with Crippen LogP contribution in [0.25, 0.3) is 0 Å². The molecule has 0 aliphatic carbocycles. The summed E-state index contributed by atoms with van der Waals surface area (Å²) in [5, 5.41) is 15.3. The van der Waals surface area contributed by atoms with Crippen LogP contribution in [0.4, 0.5) is 11.4 Å². The number of carbonyl (C=O) groups excluding carboxylic acids is 2. The maximum absolute atomic E-state index is 11.5. The number of carbonyl (C=O) groups is 2. The minimum atomic E-state index is -0.921. The number of nitro groups is 1. The highest BCUT2D eigenvalue weighted by atomic mass is 35.5. The van der Waals surface area contributed by atoms with Crippen LogP contribution in [0, 0.1) is 10.1 Å². The van der Waals surface area contributed by atoms with Crippen molar-refractivity contribution in [2.45, 2.75) is 13.3 Å². The van der Waals surface area contributed by atoms with Crippen LogP contribution in [0.5, 0.6) is 0 Å². The summed E-state index contributed by atoms with van der Waals surface area (Å²) in [6.07, 6.45) is 0.691. The fourth-order valence-electron chi connectivity index (χ4n) is 1.22. The molecule has 19 heavy (non-hydrogen) atoms. The van der Waals surface area contributed by atoms with Crippen molar-refractivity contribution < 1.29 is 14.5 Å². The van der Waals surface area contributed by atoms with E-state index in [0.717, 1.165) is 6.07 Å². The molecule has 0 heterocycles. The zero-order valence-electron chi connectivity index (χ0n) is 10.1. The van der Waals surface area contributed by atoms with Crippen LogP contribution in [0.2, 0.25) is 5.02 Å². The van der Waals surface area contributed by atoms with Crippen LogP contribution >= 0.6 is 11.6 Å². The normalized spacial score (nSPS) is 9.79. The molecule has 102 valence electrons. The van der Waals surface area contributed by atoms with Gasteiger partial charge in [0.05, 0.1) is 15.6 Å². The fraction of sp³-hybridized carbons (Fsp3) is 0.273. The molecule has 0 radical (unpaired) electrons. The molecule has 0 saturated heterocycles. The molecule has 8 heteroatoms. The Morgan fingerprint density at radius 2 is 2.05 bits per heavy atom. The SMILES string of the molecule is CCCNC(=O)C(=O)Nc1cc([N+](=O)[O-])ccc1Cl. The van der Waals surface area contributed by atoms with Gasteiger partial charge in [-0.2, -0.15) is 0 Å². The summed E-state index contributed by atoms with van der Waals surface area (Å²) < 4.78 is 0. The lowest BCUT2D eigenvalue weighted by atomic mass is 10.2. The predicted molar refractivity (Wildman–Crippen MR) is 70.0 cm³/mol. The van der Waals surface area contributed by atoms with Gasteiger partial charge in [-0.3, -0.25) is 19.7 Å². The van der Waals surface area contributed by atoms with Crippen LogP contribution in [0.1, 0.15) is 13.3 Å². The zero-order valence-corrected chi connectivity index (χ0v) is 10.9. The fourth-order valence-corrected chi connectivity index (χ4v) is 1.39. The van der Waals surface area contributed by atoms with Gasteiger partial charge in [0.2, 0.25) is 0 Å². The van der Waals surface area contributed by atoms with Crippen molar-refractivity contribution in [3.63, 3.8) is 0 Å².